The molecule has 2 aromatic carbocycles. The molecule has 3 atom stereocenters. The molecule has 0 saturated carbocycles. The number of para-hydroxylation sites is 1. The fourth-order valence-corrected chi connectivity index (χ4v) is 7.29. The first-order valence-corrected chi connectivity index (χ1v) is 14.3. The van der Waals surface area contributed by atoms with Crippen LogP contribution in [0.25, 0.3) is 6.08 Å². The Kier molecular flexibility index (Phi) is 7.33. The van der Waals surface area contributed by atoms with Crippen molar-refractivity contribution < 1.29 is 23.9 Å². The number of benzene rings is 2. The monoisotopic (exact) mass is 572 g/mol. The number of ether oxygens (including phenoxy) is 2. The molecule has 9 heteroatoms. The number of amides is 3. The van der Waals surface area contributed by atoms with Crippen LogP contribution >= 0.6 is 0 Å². The second-order valence-electron chi connectivity index (χ2n) is 12.3. The van der Waals surface area contributed by atoms with E-state index in [2.05, 4.69) is 22.1 Å². The Bertz CT molecular complexity index is 1480. The molecule has 0 radical (unpaired) electrons. The van der Waals surface area contributed by atoms with E-state index in [0.29, 0.717) is 25.1 Å². The first-order chi connectivity index (χ1) is 19.9. The molecule has 0 bridgehead atoms. The summed E-state index contributed by atoms with van der Waals surface area (Å²) in [5.74, 6) is -0.0957. The van der Waals surface area contributed by atoms with Gasteiger partial charge in [0, 0.05) is 25.8 Å². The minimum atomic E-state index is -1.04. The number of fused-ring (bicyclic) bond motifs is 6. The van der Waals surface area contributed by atoms with Gasteiger partial charge in [-0.15, -0.1) is 0 Å². The summed E-state index contributed by atoms with van der Waals surface area (Å²) in [6.45, 7) is 12.1. The van der Waals surface area contributed by atoms with E-state index in [1.165, 1.54) is 7.11 Å². The number of nitrogens with one attached hydrogen (secondary N) is 2. The predicted molar refractivity (Wildman–Crippen MR) is 164 cm³/mol. The molecule has 222 valence electrons. The summed E-state index contributed by atoms with van der Waals surface area (Å²) in [6, 6.07) is 13.6. The van der Waals surface area contributed by atoms with Gasteiger partial charge in [-0.2, -0.15) is 0 Å². The van der Waals surface area contributed by atoms with Gasteiger partial charge in [0.25, 0.3) is 0 Å². The number of carbonyl (C=O) groups excluding carboxylic acids is 3. The zero-order chi connectivity index (χ0) is 30.4. The van der Waals surface area contributed by atoms with Crippen molar-refractivity contribution >= 4 is 35.5 Å². The second kappa shape index (κ2) is 10.5. The molecule has 9 nitrogen and oxygen atoms in total. The van der Waals surface area contributed by atoms with Crippen LogP contribution in [0.3, 0.4) is 0 Å². The van der Waals surface area contributed by atoms with Crippen LogP contribution in [-0.4, -0.2) is 57.1 Å². The molecule has 2 N–H and O–H groups in total. The van der Waals surface area contributed by atoms with Gasteiger partial charge < -0.3 is 25.0 Å². The molecule has 3 aliphatic rings. The molecular formula is C33H40N4O5. The van der Waals surface area contributed by atoms with Crippen LogP contribution in [0, 0.1) is 0 Å². The van der Waals surface area contributed by atoms with E-state index in [4.69, 9.17) is 9.47 Å². The maximum atomic E-state index is 14.4. The van der Waals surface area contributed by atoms with Crippen LogP contribution in [0.5, 0.6) is 0 Å². The van der Waals surface area contributed by atoms with E-state index in [0.717, 1.165) is 28.0 Å². The third-order valence-corrected chi connectivity index (χ3v) is 8.62. The highest BCUT2D eigenvalue weighted by Gasteiger charge is 2.72. The number of anilines is 2. The number of alkyl carbamates (subject to hydrolysis) is 1. The van der Waals surface area contributed by atoms with E-state index < -0.39 is 34.8 Å². The summed E-state index contributed by atoms with van der Waals surface area (Å²) in [5, 5.41) is 6.06. The van der Waals surface area contributed by atoms with Gasteiger partial charge in [-0.25, -0.2) is 9.59 Å². The zero-order valence-electron chi connectivity index (χ0n) is 25.2. The van der Waals surface area contributed by atoms with Crippen LogP contribution in [-0.2, 0) is 25.1 Å². The molecule has 1 spiro atoms. The summed E-state index contributed by atoms with van der Waals surface area (Å²) in [5.41, 5.74) is 2.37. The lowest BCUT2D eigenvalue weighted by atomic mass is 9.51. The van der Waals surface area contributed by atoms with E-state index in [-0.39, 0.29) is 12.5 Å². The Morgan fingerprint density at radius 3 is 2.52 bits per heavy atom. The minimum Gasteiger partial charge on any atom is -0.452 e. The van der Waals surface area contributed by atoms with E-state index >= 15 is 0 Å². The largest absolute Gasteiger partial charge is 0.452 e. The summed E-state index contributed by atoms with van der Waals surface area (Å²) in [7, 11) is 3.32. The van der Waals surface area contributed by atoms with Crippen molar-refractivity contribution in [3.05, 3.63) is 77.4 Å². The first-order valence-electron chi connectivity index (χ1n) is 14.3. The average Bonchev–Trinajstić information content (AvgIpc) is 3.44. The SMILES string of the molecule is C=C(C)/C=C/c1cccc2c1[C@@]1(CCNC(=O)OC(C)(C)C)[C@@H](N2C)N(C(=O)OC)c2ccccc2[C@]12CCNC2=O. The smallest absolute Gasteiger partial charge is 0.415 e. The summed E-state index contributed by atoms with van der Waals surface area (Å²) in [6.07, 6.45) is 3.15. The van der Waals surface area contributed by atoms with Crippen molar-refractivity contribution in [2.24, 2.45) is 0 Å². The fraction of sp³-hybridized carbons (Fsp3) is 0.424. The molecule has 1 saturated heterocycles. The Labute approximate surface area is 247 Å². The summed E-state index contributed by atoms with van der Waals surface area (Å²) < 4.78 is 10.9. The zero-order valence-corrected chi connectivity index (χ0v) is 25.2. The van der Waals surface area contributed by atoms with Crippen LogP contribution in [0.1, 0.15) is 57.2 Å². The Balaban J connectivity index is 1.81. The van der Waals surface area contributed by atoms with Gasteiger partial charge in [-0.1, -0.05) is 54.6 Å². The van der Waals surface area contributed by atoms with Crippen molar-refractivity contribution in [3.8, 4) is 0 Å². The van der Waals surface area contributed by atoms with Gasteiger partial charge in [0.1, 0.15) is 11.8 Å². The molecule has 3 amide bonds. The minimum absolute atomic E-state index is 0.0957. The first kappa shape index (κ1) is 29.2. The highest BCUT2D eigenvalue weighted by molar-refractivity contribution is 6.02. The maximum Gasteiger partial charge on any atom is 0.415 e. The molecule has 2 aromatic rings. The topological polar surface area (TPSA) is 100 Å². The summed E-state index contributed by atoms with van der Waals surface area (Å²) >= 11 is 0. The second-order valence-corrected chi connectivity index (χ2v) is 12.3. The molecule has 3 heterocycles. The predicted octanol–water partition coefficient (Wildman–Crippen LogP) is 5.25. The summed E-state index contributed by atoms with van der Waals surface area (Å²) in [4.78, 5) is 44.6. The van der Waals surface area contributed by atoms with Gasteiger partial charge in [0.15, 0.2) is 0 Å². The molecule has 1 fully saturated rings. The molecule has 3 aliphatic heterocycles. The highest BCUT2D eigenvalue weighted by atomic mass is 16.6. The van der Waals surface area contributed by atoms with Crippen molar-refractivity contribution in [3.63, 3.8) is 0 Å². The molecule has 5 rings (SSSR count). The number of allylic oxidation sites excluding steroid dienone is 2. The number of hydrogen-bond donors (Lipinski definition) is 2. The lowest BCUT2D eigenvalue weighted by Gasteiger charge is -2.57. The van der Waals surface area contributed by atoms with Gasteiger partial charge in [-0.3, -0.25) is 9.69 Å². The lowest BCUT2D eigenvalue weighted by molar-refractivity contribution is -0.127. The maximum absolute atomic E-state index is 14.4. The van der Waals surface area contributed by atoms with E-state index in [1.54, 1.807) is 4.90 Å². The number of likely N-dealkylation sites (N-methyl/N-ethyl adjacent to an activating group) is 1. The van der Waals surface area contributed by atoms with Crippen LogP contribution in [0.15, 0.2) is 60.7 Å². The van der Waals surface area contributed by atoms with Crippen LogP contribution < -0.4 is 20.4 Å². The quantitative estimate of drug-likeness (QED) is 0.475. The Morgan fingerprint density at radius 2 is 1.88 bits per heavy atom. The van der Waals surface area contributed by atoms with Gasteiger partial charge in [0.05, 0.1) is 23.6 Å². The van der Waals surface area contributed by atoms with Crippen LogP contribution in [0.4, 0.5) is 21.0 Å². The average molecular weight is 573 g/mol. The number of methoxy groups -OCH3 is 1. The lowest BCUT2D eigenvalue weighted by Crippen LogP contribution is -2.70. The highest BCUT2D eigenvalue weighted by Crippen LogP contribution is 2.65. The van der Waals surface area contributed by atoms with Crippen LogP contribution in [0.2, 0.25) is 0 Å². The van der Waals surface area contributed by atoms with Gasteiger partial charge in [0.2, 0.25) is 5.91 Å². The number of nitrogens with zero attached hydrogens (tertiary/aromatic N) is 2. The normalized spacial score (nSPS) is 24.2. The van der Waals surface area contributed by atoms with Crippen molar-refractivity contribution in [2.45, 2.75) is 63.1 Å². The molecule has 42 heavy (non-hydrogen) atoms. The molecular weight excluding hydrogens is 532 g/mol. The number of hydrogen-bond acceptors (Lipinski definition) is 6. The van der Waals surface area contributed by atoms with Gasteiger partial charge in [-0.05, 0) is 69.4 Å². The van der Waals surface area contributed by atoms with Crippen molar-refractivity contribution in [2.75, 3.05) is 37.0 Å². The Morgan fingerprint density at radius 1 is 1.17 bits per heavy atom. The van der Waals surface area contributed by atoms with Crippen molar-refractivity contribution in [1.82, 2.24) is 10.6 Å². The fourth-order valence-electron chi connectivity index (χ4n) is 7.29. The van der Waals surface area contributed by atoms with Gasteiger partial charge >= 0.3 is 12.2 Å². The molecule has 0 aliphatic carbocycles. The third-order valence-electron chi connectivity index (χ3n) is 8.62. The van der Waals surface area contributed by atoms with Crippen molar-refractivity contribution in [1.29, 1.82) is 0 Å². The third kappa shape index (κ3) is 4.33. The molecule has 0 aromatic heterocycles. The number of carbonyl (C=O) groups is 3. The van der Waals surface area contributed by atoms with E-state index in [9.17, 15) is 14.4 Å². The number of rotatable bonds is 5. The standard InChI is InChI=1S/C33H40N4O5/c1-21(2)15-16-22-11-10-14-25-26(22)33(18-20-35-29(39)42-31(3,4)5)28(36(25)6)37(30(40)41-7)24-13-9-8-12-23(24)32(33)17-19-34-27(32)38/h8-16,28H,1,17-20H2,2-7H3,(H,34,38)(H,35,39)/b16-15+/t28-,32-,33-/m0/s1. The molecule has 0 unspecified atom stereocenters. The Hall–Kier alpha value is -4.27. The van der Waals surface area contributed by atoms with E-state index in [1.807, 2.05) is 89.4 Å².